The van der Waals surface area contributed by atoms with Gasteiger partial charge in [-0.05, 0) is 25.6 Å². The van der Waals surface area contributed by atoms with Gasteiger partial charge in [-0.25, -0.2) is 16.8 Å². The maximum absolute atomic E-state index is 11.5. The monoisotopic (exact) mass is 432 g/mol. The summed E-state index contributed by atoms with van der Waals surface area (Å²) < 4.78 is 108. The molecule has 0 unspecified atom stereocenters. The van der Waals surface area contributed by atoms with Crippen molar-refractivity contribution < 1.29 is 43.2 Å². The standard InChI is InChI=1S/C10H17N.C2HF6NO4S2/c1-3-4-7-11-8-5-6-10(2)9-11;3-1(4,5)14(10,11)9-15(12,13)2(6,7)8/h5-6,8H,3-4,7,9H2,1-2H3;9H. The highest BCUT2D eigenvalue weighted by Gasteiger charge is 2.55. The van der Waals surface area contributed by atoms with Crippen molar-refractivity contribution in [2.75, 3.05) is 13.1 Å². The van der Waals surface area contributed by atoms with E-state index < -0.39 is 35.2 Å². The van der Waals surface area contributed by atoms with Crippen LogP contribution in [0.2, 0.25) is 0 Å². The summed E-state index contributed by atoms with van der Waals surface area (Å²) in [7, 11) is -13.2. The minimum absolute atomic E-state index is 0.493. The minimum atomic E-state index is -6.60. The van der Waals surface area contributed by atoms with E-state index in [0.29, 0.717) is 0 Å². The summed E-state index contributed by atoms with van der Waals surface area (Å²) in [6.45, 7) is 6.74. The van der Waals surface area contributed by atoms with Gasteiger partial charge in [0, 0.05) is 13.1 Å². The van der Waals surface area contributed by atoms with Crippen LogP contribution < -0.4 is 4.13 Å². The fourth-order valence-electron chi connectivity index (χ4n) is 1.51. The van der Waals surface area contributed by atoms with Gasteiger partial charge in [0.1, 0.15) is 0 Å². The summed E-state index contributed by atoms with van der Waals surface area (Å²) >= 11 is 0. The number of nitrogens with one attached hydrogen (secondary N) is 1. The second-order valence-electron chi connectivity index (χ2n) is 5.16. The predicted molar refractivity (Wildman–Crippen MR) is 82.5 cm³/mol. The molecule has 0 saturated carbocycles. The third kappa shape index (κ3) is 7.95. The first-order valence-corrected chi connectivity index (χ1v) is 9.99. The number of rotatable bonds is 5. The molecule has 1 aliphatic rings. The molecule has 0 aromatic carbocycles. The van der Waals surface area contributed by atoms with Crippen LogP contribution in [-0.4, -0.2) is 45.8 Å². The number of nitrogens with zero attached hydrogens (tertiary/aromatic N) is 1. The van der Waals surface area contributed by atoms with Crippen molar-refractivity contribution in [1.82, 2.24) is 9.03 Å². The Hall–Kier alpha value is -1.28. The molecule has 14 heteroatoms. The molecule has 154 valence electrons. The fraction of sp³-hybridized carbons (Fsp3) is 0.667. The Morgan fingerprint density at radius 3 is 1.85 bits per heavy atom. The smallest absolute Gasteiger partial charge is 0.373 e. The van der Waals surface area contributed by atoms with Gasteiger partial charge in [-0.1, -0.05) is 29.1 Å². The molecular weight excluding hydrogens is 414 g/mol. The first kappa shape index (κ1) is 24.7. The number of hydrogen-bond donors (Lipinski definition) is 1. The number of allylic oxidation sites excluding steroid dienone is 2. The maximum atomic E-state index is 11.5. The lowest BCUT2D eigenvalue weighted by molar-refractivity contribution is -0.0476. The van der Waals surface area contributed by atoms with Crippen molar-refractivity contribution in [3.63, 3.8) is 0 Å². The number of alkyl halides is 6. The van der Waals surface area contributed by atoms with Crippen molar-refractivity contribution in [3.8, 4) is 0 Å². The van der Waals surface area contributed by atoms with Gasteiger partial charge in [0.15, 0.2) is 0 Å². The van der Waals surface area contributed by atoms with Crippen LogP contribution in [-0.2, 0) is 20.0 Å². The summed E-state index contributed by atoms with van der Waals surface area (Å²) in [5, 5.41) is 0. The third-order valence-corrected chi connectivity index (χ3v) is 5.73. The van der Waals surface area contributed by atoms with Crippen molar-refractivity contribution in [2.45, 2.75) is 37.7 Å². The summed E-state index contributed by atoms with van der Waals surface area (Å²) in [6.07, 6.45) is 9.09. The molecule has 0 spiro atoms. The van der Waals surface area contributed by atoms with Gasteiger partial charge in [-0.15, -0.1) is 0 Å². The normalized spacial score (nSPS) is 16.0. The van der Waals surface area contributed by atoms with Crippen LogP contribution in [0.1, 0.15) is 26.7 Å². The fourth-order valence-corrected chi connectivity index (χ4v) is 3.42. The van der Waals surface area contributed by atoms with E-state index in [4.69, 9.17) is 0 Å². The molecule has 0 atom stereocenters. The zero-order valence-corrected chi connectivity index (χ0v) is 15.4. The van der Waals surface area contributed by atoms with Crippen molar-refractivity contribution in [3.05, 3.63) is 23.9 Å². The Morgan fingerprint density at radius 2 is 1.50 bits per heavy atom. The van der Waals surface area contributed by atoms with E-state index in [0.717, 1.165) is 6.54 Å². The predicted octanol–water partition coefficient (Wildman–Crippen LogP) is 2.84. The van der Waals surface area contributed by atoms with Gasteiger partial charge in [-0.2, -0.15) is 26.3 Å². The Kier molecular flexibility index (Phi) is 8.63. The van der Waals surface area contributed by atoms with Crippen LogP contribution in [0.5, 0.6) is 0 Å². The SMILES string of the molecule is CCCCN1C=CC=C(C)C1.O=S(=O)(NS(=O)(=O)C(F)(F)F)C(F)(F)F. The van der Waals surface area contributed by atoms with Crippen LogP contribution in [0.3, 0.4) is 0 Å². The van der Waals surface area contributed by atoms with Crippen LogP contribution >= 0.6 is 0 Å². The van der Waals surface area contributed by atoms with Gasteiger partial charge < -0.3 is 4.90 Å². The summed E-state index contributed by atoms with van der Waals surface area (Å²) in [6, 6.07) is 0. The number of hydrogen-bond acceptors (Lipinski definition) is 5. The molecule has 1 N–H and O–H groups in total. The van der Waals surface area contributed by atoms with Gasteiger partial charge >= 0.3 is 31.1 Å². The molecule has 0 aromatic heterocycles. The van der Waals surface area contributed by atoms with Gasteiger partial charge in [0.05, 0.1) is 0 Å². The van der Waals surface area contributed by atoms with E-state index in [1.165, 1.54) is 25.0 Å². The first-order valence-electron chi connectivity index (χ1n) is 7.02. The molecule has 0 fully saturated rings. The number of sulfonamides is 2. The molecule has 1 heterocycles. The molecule has 0 amide bonds. The van der Waals surface area contributed by atoms with Crippen LogP contribution in [0.25, 0.3) is 0 Å². The Balaban J connectivity index is 0.000000502. The Bertz CT molecular complexity index is 682. The Morgan fingerprint density at radius 1 is 1.04 bits per heavy atom. The molecule has 0 bridgehead atoms. The lowest BCUT2D eigenvalue weighted by Crippen LogP contribution is -2.45. The second-order valence-corrected chi connectivity index (χ2v) is 8.77. The molecule has 1 rings (SSSR count). The van der Waals surface area contributed by atoms with E-state index in [9.17, 15) is 43.2 Å². The lowest BCUT2D eigenvalue weighted by atomic mass is 10.2. The zero-order valence-electron chi connectivity index (χ0n) is 13.7. The highest BCUT2D eigenvalue weighted by atomic mass is 32.3. The van der Waals surface area contributed by atoms with Gasteiger partial charge in [0.25, 0.3) is 0 Å². The van der Waals surface area contributed by atoms with Crippen LogP contribution in [0.15, 0.2) is 23.9 Å². The van der Waals surface area contributed by atoms with Crippen LogP contribution in [0, 0.1) is 0 Å². The minimum Gasteiger partial charge on any atom is -0.373 e. The largest absolute Gasteiger partial charge is 0.512 e. The highest BCUT2D eigenvalue weighted by molar-refractivity contribution is 8.05. The highest BCUT2D eigenvalue weighted by Crippen LogP contribution is 2.27. The third-order valence-electron chi connectivity index (χ3n) is 2.76. The van der Waals surface area contributed by atoms with E-state index in [2.05, 4.69) is 37.1 Å². The molecule has 0 saturated heterocycles. The molecule has 0 aliphatic carbocycles. The topological polar surface area (TPSA) is 83.6 Å². The molecule has 1 aliphatic heterocycles. The number of unbranched alkanes of at least 4 members (excludes halogenated alkanes) is 1. The Labute approximate surface area is 147 Å². The van der Waals surface area contributed by atoms with Gasteiger partial charge in [-0.3, -0.25) is 0 Å². The van der Waals surface area contributed by atoms with Crippen molar-refractivity contribution in [2.24, 2.45) is 0 Å². The molecular formula is C12H18F6N2O4S2. The zero-order chi connectivity index (χ0) is 20.8. The second kappa shape index (κ2) is 9.08. The molecule has 0 radical (unpaired) electrons. The quantitative estimate of drug-likeness (QED) is 0.676. The summed E-state index contributed by atoms with van der Waals surface area (Å²) in [4.78, 5) is 2.37. The van der Waals surface area contributed by atoms with Crippen molar-refractivity contribution >= 4 is 20.0 Å². The van der Waals surface area contributed by atoms with E-state index in [1.54, 1.807) is 0 Å². The average molecular weight is 432 g/mol. The molecule has 26 heavy (non-hydrogen) atoms. The first-order chi connectivity index (χ1) is 11.5. The van der Waals surface area contributed by atoms with Crippen LogP contribution in [0.4, 0.5) is 26.3 Å². The van der Waals surface area contributed by atoms with E-state index in [-0.39, 0.29) is 0 Å². The van der Waals surface area contributed by atoms with Gasteiger partial charge in [0.2, 0.25) is 0 Å². The maximum Gasteiger partial charge on any atom is 0.512 e. The van der Waals surface area contributed by atoms with E-state index >= 15 is 0 Å². The average Bonchev–Trinajstić information content (AvgIpc) is 2.42. The summed E-state index contributed by atoms with van der Waals surface area (Å²) in [5.41, 5.74) is -10.8. The molecule has 0 aromatic rings. The molecule has 6 nitrogen and oxygen atoms in total. The van der Waals surface area contributed by atoms with Crippen molar-refractivity contribution in [1.29, 1.82) is 0 Å². The number of halogens is 6. The van der Waals surface area contributed by atoms with E-state index in [1.807, 2.05) is 0 Å². The lowest BCUT2D eigenvalue weighted by Gasteiger charge is -2.22. The summed E-state index contributed by atoms with van der Waals surface area (Å²) in [5.74, 6) is 0.